The Balaban J connectivity index is -0.00000247. The van der Waals surface area contributed by atoms with E-state index in [1.165, 1.54) is 6.92 Å². The van der Waals surface area contributed by atoms with Crippen molar-refractivity contribution in [2.24, 2.45) is 0 Å². The van der Waals surface area contributed by atoms with Gasteiger partial charge in [0.05, 0.1) is 25.2 Å². The first kappa shape index (κ1) is 96.3. The van der Waals surface area contributed by atoms with E-state index in [0.717, 1.165) is 9.44 Å². The van der Waals surface area contributed by atoms with E-state index >= 15 is 0 Å². The number of carboxylic acid groups (broad SMARTS) is 2. The Hall–Kier alpha value is 5.64. The molecule has 0 aromatic rings. The van der Waals surface area contributed by atoms with Crippen LogP contribution >= 0.6 is 0 Å². The Kier molecular flexibility index (Phi) is 47.3. The van der Waals surface area contributed by atoms with Crippen LogP contribution in [0.15, 0.2) is 0 Å². The monoisotopic (exact) mass is 1390 g/mol. The Morgan fingerprint density at radius 2 is 0.780 bits per heavy atom. The van der Waals surface area contributed by atoms with Gasteiger partial charge in [0.2, 0.25) is 41.6 Å². The fourth-order valence-electron chi connectivity index (χ4n) is 7.16. The molecule has 0 saturated carbocycles. The number of carbonyl (C=O) groups is 2. The number of carbonyl (C=O) groups excluding carboxylic acids is 2. The molecule has 4 aliphatic heterocycles. The predicted octanol–water partition coefficient (Wildman–Crippen LogP) is -38.7. The van der Waals surface area contributed by atoms with Crippen LogP contribution < -0.4 is 256 Å². The summed E-state index contributed by atoms with van der Waals surface area (Å²) in [4.78, 5) is 24.8. The average molecular weight is 1390 g/mol. The molecule has 55 heteroatoms. The Labute approximate surface area is 643 Å². The van der Waals surface area contributed by atoms with Gasteiger partial charge in [-0.3, -0.25) is 16.7 Å². The van der Waals surface area contributed by atoms with Crippen LogP contribution in [0.25, 0.3) is 0 Å². The zero-order chi connectivity index (χ0) is 56.4. The molecule has 4 fully saturated rings. The zero-order valence-corrected chi connectivity index (χ0v) is 64.8. The van der Waals surface area contributed by atoms with Gasteiger partial charge < -0.3 is 111 Å². The van der Waals surface area contributed by atoms with E-state index < -0.39 is 217 Å². The third kappa shape index (κ3) is 30.6. The third-order valence-electron chi connectivity index (χ3n) is 10.0. The minimum Gasteiger partial charge on any atom is -0.735 e. The van der Waals surface area contributed by atoms with Crippen LogP contribution in [0, 0.1) is 0 Å². The largest absolute Gasteiger partial charge is 1.00 e. The van der Waals surface area contributed by atoms with Gasteiger partial charge in [-0.15, -0.1) is 0 Å². The quantitative estimate of drug-likeness (QED) is 0.0253. The van der Waals surface area contributed by atoms with Crippen molar-refractivity contribution in [3.63, 3.8) is 0 Å². The molecule has 4 saturated heterocycles. The van der Waals surface area contributed by atoms with Crippen LogP contribution in [-0.2, 0) is 126 Å². The summed E-state index contributed by atoms with van der Waals surface area (Å²) in [6, 6.07) is -5.64. The number of hydrogen-bond donors (Lipinski definition) is 7. The van der Waals surface area contributed by atoms with Gasteiger partial charge >= 0.3 is 236 Å². The third-order valence-corrected chi connectivity index (χ3v) is 12.9. The zero-order valence-electron chi connectivity index (χ0n) is 43.9. The number of ether oxygens (including phenoxy) is 8. The maximum atomic E-state index is 12.6. The second kappa shape index (κ2) is 40.3. The summed E-state index contributed by atoms with van der Waals surface area (Å²) in [5.41, 5.74) is 0. The van der Waals surface area contributed by atoms with Crippen LogP contribution in [0.5, 0.6) is 0 Å². The summed E-state index contributed by atoms with van der Waals surface area (Å²) in [5.74, 6) is -5.08. The molecule has 434 valence electrons. The summed E-state index contributed by atoms with van der Waals surface area (Å²) in [7, 11) is -35.9. The molecule has 0 bridgehead atoms. The molecule has 0 spiro atoms. The Bertz CT molecular complexity index is 2670. The maximum absolute atomic E-state index is 12.6. The van der Waals surface area contributed by atoms with E-state index in [2.05, 4.69) is 16.7 Å². The summed E-state index contributed by atoms with van der Waals surface area (Å²) >= 11 is 0. The van der Waals surface area contributed by atoms with Crippen molar-refractivity contribution in [1.29, 1.82) is 0 Å². The fourth-order valence-corrected chi connectivity index (χ4v) is 9.89. The van der Waals surface area contributed by atoms with Gasteiger partial charge in [0.25, 0.3) is 0 Å². The maximum Gasteiger partial charge on any atom is 1.00 e. The number of nitrogens with one attached hydrogen (secondary N) is 2. The molecule has 0 aromatic carbocycles. The molecule has 0 unspecified atom stereocenters. The number of carboxylic acids is 2. The number of aliphatic hydroxyl groups is 5. The van der Waals surface area contributed by atoms with Crippen LogP contribution in [0.4, 0.5) is 0 Å². The average Bonchev–Trinajstić information content (AvgIpc) is 3.22. The number of aliphatic carboxylic acids is 2. The number of rotatable bonds is 25. The van der Waals surface area contributed by atoms with Crippen LogP contribution in [0.2, 0.25) is 0 Å². The Morgan fingerprint density at radius 3 is 1.13 bits per heavy atom. The normalized spacial score (nSPS) is 34.3. The van der Waals surface area contributed by atoms with Crippen LogP contribution in [0.3, 0.4) is 0 Å². The minimum atomic E-state index is -6.35. The molecular weight excluding hydrogens is 1350 g/mol. The molecule has 7 N–H and O–H groups in total. The second-order valence-electron chi connectivity index (χ2n) is 15.2. The molecule has 0 radical (unpaired) electrons. The molecule has 82 heavy (non-hydrogen) atoms. The van der Waals surface area contributed by atoms with E-state index in [4.69, 9.17) is 37.9 Å². The van der Waals surface area contributed by atoms with E-state index in [1.807, 2.05) is 0 Å². The van der Waals surface area contributed by atoms with E-state index in [0.29, 0.717) is 0 Å². The van der Waals surface area contributed by atoms with Crippen molar-refractivity contribution in [2.75, 3.05) is 19.8 Å². The van der Waals surface area contributed by atoms with Gasteiger partial charge in [-0.1, -0.05) is 6.92 Å². The molecule has 4 aliphatic rings. The SMILES string of the molecule is CCCO[C@@H]1O[C@@H](C(=O)[O-])[C@@H](O[C@H]2O[C@H](COS(=O)(=O)[O-])[C@@H](O[C@@H]3O[C@@H](C(=O)[O-])[C@@H](O[C@H]4O[C@H](COS(=O)(=O)[O-])[C@@H](O)[C@H](O)[C@H]4NS(=O)(=O)[O-])[C@H](O)[C@H]3OS(=O)(=O)[O-])[C@H](O)[C@H]2NS(=O)(=O)[O-])[C@H](O)[C@H]1OS(=O)(=O)[O-].[Na+].[Na+].[Na+].[Na+].[Na+].[Na+].[Na+].[Na+]. The second-order valence-corrected chi connectivity index (χ2v) is 21.6. The summed E-state index contributed by atoms with van der Waals surface area (Å²) in [6.45, 7) is -2.47. The first-order valence-electron chi connectivity index (χ1n) is 19.6. The topological polar surface area (TPSA) is 659 Å². The summed E-state index contributed by atoms with van der Waals surface area (Å²) < 4.78 is 270. The van der Waals surface area contributed by atoms with Gasteiger partial charge in [-0.05, 0) is 6.42 Å². The molecule has 0 aliphatic carbocycles. The summed E-state index contributed by atoms with van der Waals surface area (Å²) in [6.07, 6.45) is -51.4. The van der Waals surface area contributed by atoms with Crippen LogP contribution in [-0.4, -0.2) is 258 Å². The molecule has 20 atom stereocenters. The van der Waals surface area contributed by atoms with E-state index in [9.17, 15) is 123 Å². The van der Waals surface area contributed by atoms with Crippen molar-refractivity contribution >= 4 is 74.1 Å². The first-order chi connectivity index (χ1) is 33.6. The van der Waals surface area contributed by atoms with Crippen LogP contribution in [0.1, 0.15) is 13.3 Å². The standard InChI is InChI=1S/C27H46N2O39S6.8Na/c1-2-3-57-26-18(67-73(51,52)53)13(33)16(20(65-26)22(35)36)64-25-9(29-70(42,43)44)12(32)15(7(61-25)5-59-72(48,49)50)62-27-19(68-74(54,55)56)14(34)17(21(66-27)23(37)38)63-24-8(28-69(39,40)41)11(31)10(30)6(60-24)4-58-71(45,46)47;;;;;;;;/h6-21,24-34H,2-5H2,1H3,(H,35,36)(H,37,38)(H,39,40,41)(H,42,43,44)(H,45,46,47)(H,48,49,50)(H,51,52,53)(H,54,55,56);;;;;;;;/q;8*+1/p-8/t6-,7-,8-,9-,10-,11-,12-,13+,14+,15-,16+,17+,18-,19-,20-,21-,24-,25-,26-,27-;;;;;;;;/m1......../s1. The predicted molar refractivity (Wildman–Crippen MR) is 199 cm³/mol. The molecule has 0 aromatic heterocycles. The van der Waals surface area contributed by atoms with Gasteiger partial charge in [0, 0.05) is 6.61 Å². The van der Waals surface area contributed by atoms with Crippen molar-refractivity contribution in [3.8, 4) is 0 Å². The number of hydrogen-bond acceptors (Lipinski definition) is 39. The molecule has 4 rings (SSSR count). The van der Waals surface area contributed by atoms with Gasteiger partial charge in [0.15, 0.2) is 58.0 Å². The van der Waals surface area contributed by atoms with Gasteiger partial charge in [0.1, 0.15) is 85.3 Å². The van der Waals surface area contributed by atoms with Crippen molar-refractivity contribution < 1.29 is 414 Å². The first-order valence-corrected chi connectivity index (χ1v) is 27.7. The smallest absolute Gasteiger partial charge is 0.735 e. The molecule has 41 nitrogen and oxygen atoms in total. The van der Waals surface area contributed by atoms with E-state index in [-0.39, 0.29) is 243 Å². The van der Waals surface area contributed by atoms with Gasteiger partial charge in [-0.25, -0.2) is 60.0 Å². The Morgan fingerprint density at radius 1 is 0.439 bits per heavy atom. The molecule has 4 heterocycles. The van der Waals surface area contributed by atoms with E-state index in [1.54, 1.807) is 0 Å². The fraction of sp³-hybridized carbons (Fsp3) is 0.926. The number of aliphatic hydroxyl groups excluding tert-OH is 5. The molecule has 0 amide bonds. The van der Waals surface area contributed by atoms with Crippen molar-refractivity contribution in [3.05, 3.63) is 0 Å². The summed E-state index contributed by atoms with van der Waals surface area (Å²) in [5, 5.41) is 80.0. The van der Waals surface area contributed by atoms with Crippen molar-refractivity contribution in [1.82, 2.24) is 9.44 Å². The van der Waals surface area contributed by atoms with Gasteiger partial charge in [-0.2, -0.15) is 0 Å². The molecular formula is C27H38N2Na8O39S6. The van der Waals surface area contributed by atoms with Crippen molar-refractivity contribution in [2.45, 2.75) is 136 Å². The minimum absolute atomic E-state index is 0.